The van der Waals surface area contributed by atoms with Crippen molar-refractivity contribution in [2.24, 2.45) is 11.8 Å². The van der Waals surface area contributed by atoms with Gasteiger partial charge in [0.15, 0.2) is 0 Å². The van der Waals surface area contributed by atoms with Crippen molar-refractivity contribution in [3.63, 3.8) is 0 Å². The number of aromatic nitrogens is 2. The number of piperidine rings is 1. The van der Waals surface area contributed by atoms with Crippen molar-refractivity contribution < 1.29 is 0 Å². The molecule has 88 valence electrons. The maximum Gasteiger partial charge on any atom is 0.225 e. The maximum absolute atomic E-state index is 5.60. The molecule has 0 aliphatic carbocycles. The van der Waals surface area contributed by atoms with E-state index in [1.165, 1.54) is 6.42 Å². The van der Waals surface area contributed by atoms with Gasteiger partial charge in [0.25, 0.3) is 0 Å². The highest BCUT2D eigenvalue weighted by Gasteiger charge is 2.30. The lowest BCUT2D eigenvalue weighted by atomic mass is 9.86. The van der Waals surface area contributed by atoms with Gasteiger partial charge in [-0.25, -0.2) is 9.97 Å². The zero-order valence-electron chi connectivity index (χ0n) is 10.2. The van der Waals surface area contributed by atoms with E-state index < -0.39 is 0 Å². The molecule has 4 heteroatoms. The Balaban J connectivity index is 2.21. The van der Waals surface area contributed by atoms with Crippen LogP contribution < -0.4 is 10.6 Å². The Morgan fingerprint density at radius 2 is 1.88 bits per heavy atom. The summed E-state index contributed by atoms with van der Waals surface area (Å²) in [5, 5.41) is 0. The summed E-state index contributed by atoms with van der Waals surface area (Å²) >= 11 is 0. The molecule has 1 aromatic rings. The van der Waals surface area contributed by atoms with Gasteiger partial charge in [-0.05, 0) is 25.2 Å². The molecule has 3 atom stereocenters. The van der Waals surface area contributed by atoms with Gasteiger partial charge >= 0.3 is 0 Å². The summed E-state index contributed by atoms with van der Waals surface area (Å²) in [7, 11) is 0. The van der Waals surface area contributed by atoms with Crippen LogP contribution in [-0.2, 0) is 0 Å². The molecule has 2 N–H and O–H groups in total. The van der Waals surface area contributed by atoms with Gasteiger partial charge in [-0.1, -0.05) is 13.8 Å². The van der Waals surface area contributed by atoms with E-state index in [-0.39, 0.29) is 0 Å². The van der Waals surface area contributed by atoms with Gasteiger partial charge in [0.2, 0.25) is 5.95 Å². The zero-order chi connectivity index (χ0) is 11.7. The van der Waals surface area contributed by atoms with Gasteiger partial charge in [0.05, 0.1) is 18.1 Å². The van der Waals surface area contributed by atoms with Crippen LogP contribution in [0, 0.1) is 11.8 Å². The third-order valence-electron chi connectivity index (χ3n) is 3.51. The molecule has 1 aliphatic rings. The van der Waals surface area contributed by atoms with Gasteiger partial charge in [-0.3, -0.25) is 0 Å². The highest BCUT2D eigenvalue weighted by molar-refractivity contribution is 5.39. The topological polar surface area (TPSA) is 55.0 Å². The van der Waals surface area contributed by atoms with Gasteiger partial charge in [-0.15, -0.1) is 0 Å². The summed E-state index contributed by atoms with van der Waals surface area (Å²) in [5.41, 5.74) is 6.22. The number of nitrogen functional groups attached to an aromatic ring is 1. The quantitative estimate of drug-likeness (QED) is 0.785. The van der Waals surface area contributed by atoms with Crippen LogP contribution in [0.15, 0.2) is 12.4 Å². The molecular formula is C12H20N4. The van der Waals surface area contributed by atoms with Crippen molar-refractivity contribution in [1.82, 2.24) is 9.97 Å². The highest BCUT2D eigenvalue weighted by Crippen LogP contribution is 2.29. The molecule has 1 aromatic heterocycles. The van der Waals surface area contributed by atoms with Crippen molar-refractivity contribution in [3.05, 3.63) is 12.4 Å². The molecule has 0 radical (unpaired) electrons. The van der Waals surface area contributed by atoms with Crippen LogP contribution >= 0.6 is 0 Å². The molecule has 1 saturated heterocycles. The molecule has 0 amide bonds. The molecule has 1 aliphatic heterocycles. The third-order valence-corrected chi connectivity index (χ3v) is 3.51. The molecule has 0 saturated carbocycles. The van der Waals surface area contributed by atoms with Crippen LogP contribution in [-0.4, -0.2) is 22.6 Å². The van der Waals surface area contributed by atoms with E-state index in [4.69, 9.17) is 5.73 Å². The van der Waals surface area contributed by atoms with Crippen molar-refractivity contribution in [2.45, 2.75) is 33.2 Å². The largest absolute Gasteiger partial charge is 0.396 e. The fourth-order valence-electron chi connectivity index (χ4n) is 2.46. The lowest BCUT2D eigenvalue weighted by Gasteiger charge is -2.41. The van der Waals surface area contributed by atoms with Gasteiger partial charge in [0.1, 0.15) is 0 Å². The Bertz CT molecular complexity index is 349. The van der Waals surface area contributed by atoms with Crippen LogP contribution in [0.25, 0.3) is 0 Å². The summed E-state index contributed by atoms with van der Waals surface area (Å²) in [6.07, 6.45) is 4.64. The highest BCUT2D eigenvalue weighted by atomic mass is 15.3. The van der Waals surface area contributed by atoms with E-state index in [1.54, 1.807) is 12.4 Å². The maximum atomic E-state index is 5.60. The van der Waals surface area contributed by atoms with E-state index in [1.807, 2.05) is 0 Å². The summed E-state index contributed by atoms with van der Waals surface area (Å²) in [4.78, 5) is 10.9. The van der Waals surface area contributed by atoms with Crippen LogP contribution in [0.4, 0.5) is 11.6 Å². The van der Waals surface area contributed by atoms with Crippen LogP contribution in [0.2, 0.25) is 0 Å². The second-order valence-electron chi connectivity index (χ2n) is 5.03. The van der Waals surface area contributed by atoms with Crippen molar-refractivity contribution in [3.8, 4) is 0 Å². The second kappa shape index (κ2) is 4.28. The van der Waals surface area contributed by atoms with Gasteiger partial charge in [-0.2, -0.15) is 0 Å². The van der Waals surface area contributed by atoms with Crippen molar-refractivity contribution >= 4 is 11.6 Å². The number of hydrogen-bond donors (Lipinski definition) is 1. The first-order chi connectivity index (χ1) is 7.58. The van der Waals surface area contributed by atoms with Crippen LogP contribution in [0.5, 0.6) is 0 Å². The lowest BCUT2D eigenvalue weighted by Crippen LogP contribution is -2.46. The predicted molar refractivity (Wildman–Crippen MR) is 66.2 cm³/mol. The summed E-state index contributed by atoms with van der Waals surface area (Å²) < 4.78 is 0. The Morgan fingerprint density at radius 3 is 2.50 bits per heavy atom. The molecule has 3 unspecified atom stereocenters. The molecule has 2 heterocycles. The predicted octanol–water partition coefficient (Wildman–Crippen LogP) is 1.93. The van der Waals surface area contributed by atoms with Crippen LogP contribution in [0.1, 0.15) is 27.2 Å². The number of rotatable bonds is 1. The molecule has 2 rings (SSSR count). The number of nitrogens with two attached hydrogens (primary N) is 1. The molecule has 4 nitrogen and oxygen atoms in total. The number of hydrogen-bond acceptors (Lipinski definition) is 4. The molecule has 0 spiro atoms. The zero-order valence-corrected chi connectivity index (χ0v) is 10.2. The molecular weight excluding hydrogens is 200 g/mol. The van der Waals surface area contributed by atoms with E-state index in [0.29, 0.717) is 23.6 Å². The van der Waals surface area contributed by atoms with E-state index in [0.717, 1.165) is 12.5 Å². The average molecular weight is 220 g/mol. The smallest absolute Gasteiger partial charge is 0.225 e. The normalized spacial score (nSPS) is 30.4. The first kappa shape index (κ1) is 11.2. The minimum Gasteiger partial charge on any atom is -0.396 e. The summed E-state index contributed by atoms with van der Waals surface area (Å²) in [5.74, 6) is 2.19. The van der Waals surface area contributed by atoms with Gasteiger partial charge in [0, 0.05) is 12.6 Å². The fourth-order valence-corrected chi connectivity index (χ4v) is 2.46. The van der Waals surface area contributed by atoms with E-state index in [9.17, 15) is 0 Å². The Labute approximate surface area is 96.9 Å². The Kier molecular flexibility index (Phi) is 2.99. The summed E-state index contributed by atoms with van der Waals surface area (Å²) in [6, 6.07) is 0.500. The molecule has 16 heavy (non-hydrogen) atoms. The third kappa shape index (κ3) is 2.10. The Hall–Kier alpha value is -1.32. The standard InChI is InChI=1S/C12H20N4/c1-8-4-9(2)10(3)16(7-8)12-14-5-11(13)6-15-12/h5-6,8-10H,4,7,13H2,1-3H3. The van der Waals surface area contributed by atoms with Crippen LogP contribution in [0.3, 0.4) is 0 Å². The van der Waals surface area contributed by atoms with Gasteiger partial charge < -0.3 is 10.6 Å². The first-order valence-electron chi connectivity index (χ1n) is 5.92. The summed E-state index contributed by atoms with van der Waals surface area (Å²) in [6.45, 7) is 7.86. The monoisotopic (exact) mass is 220 g/mol. The minimum absolute atomic E-state index is 0.500. The van der Waals surface area contributed by atoms with Crippen molar-refractivity contribution in [2.75, 3.05) is 17.2 Å². The molecule has 0 aromatic carbocycles. The lowest BCUT2D eigenvalue weighted by molar-refractivity contribution is 0.294. The van der Waals surface area contributed by atoms with E-state index in [2.05, 4.69) is 35.6 Å². The van der Waals surface area contributed by atoms with E-state index >= 15 is 0 Å². The average Bonchev–Trinajstić information content (AvgIpc) is 2.25. The minimum atomic E-state index is 0.500. The number of anilines is 2. The van der Waals surface area contributed by atoms with Crippen molar-refractivity contribution in [1.29, 1.82) is 0 Å². The first-order valence-corrected chi connectivity index (χ1v) is 5.92. The number of nitrogens with zero attached hydrogens (tertiary/aromatic N) is 3. The SMILES string of the molecule is CC1CC(C)C(C)N(c2ncc(N)cn2)C1. The fraction of sp³-hybridized carbons (Fsp3) is 0.667. The Morgan fingerprint density at radius 1 is 1.25 bits per heavy atom. The second-order valence-corrected chi connectivity index (χ2v) is 5.03. The molecule has 0 bridgehead atoms. The molecule has 1 fully saturated rings.